The van der Waals surface area contributed by atoms with Crippen LogP contribution in [0.25, 0.3) is 22.0 Å². The van der Waals surface area contributed by atoms with Gasteiger partial charge < -0.3 is 14.8 Å². The number of H-pyrrole nitrogens is 1. The summed E-state index contributed by atoms with van der Waals surface area (Å²) < 4.78 is 5.10. The number of ether oxygens (including phenoxy) is 1. The number of esters is 1. The molecule has 0 atom stereocenters. The largest absolute Gasteiger partial charge is 0.508 e. The second-order valence-corrected chi connectivity index (χ2v) is 4.57. The average Bonchev–Trinajstić information content (AvgIpc) is 2.87. The number of aromatic nitrogens is 2. The first-order valence-electron chi connectivity index (χ1n) is 6.63. The molecular weight excluding hydrogens is 268 g/mol. The van der Waals surface area contributed by atoms with Crippen molar-refractivity contribution in [3.63, 3.8) is 0 Å². The van der Waals surface area contributed by atoms with E-state index >= 15 is 0 Å². The lowest BCUT2D eigenvalue weighted by Gasteiger charge is -2.05. The lowest BCUT2D eigenvalue weighted by Crippen LogP contribution is -2.06. The van der Waals surface area contributed by atoms with E-state index < -0.39 is 5.97 Å². The van der Waals surface area contributed by atoms with E-state index in [9.17, 15) is 9.90 Å². The number of rotatable bonds is 3. The van der Waals surface area contributed by atoms with E-state index in [2.05, 4.69) is 9.97 Å². The van der Waals surface area contributed by atoms with Crippen molar-refractivity contribution in [2.75, 3.05) is 6.61 Å². The fourth-order valence-corrected chi connectivity index (χ4v) is 2.36. The zero-order valence-corrected chi connectivity index (χ0v) is 11.5. The third-order valence-electron chi connectivity index (χ3n) is 3.21. The van der Waals surface area contributed by atoms with Gasteiger partial charge in [0.25, 0.3) is 0 Å². The Balaban J connectivity index is 2.27. The van der Waals surface area contributed by atoms with Crippen molar-refractivity contribution >= 4 is 16.9 Å². The van der Waals surface area contributed by atoms with E-state index in [-0.39, 0.29) is 5.75 Å². The summed E-state index contributed by atoms with van der Waals surface area (Å²) in [7, 11) is 0. The smallest absolute Gasteiger partial charge is 0.355 e. The molecule has 0 aliphatic carbocycles. The Bertz CT molecular complexity index is 808. The zero-order valence-electron chi connectivity index (χ0n) is 11.5. The van der Waals surface area contributed by atoms with Crippen LogP contribution in [-0.4, -0.2) is 27.7 Å². The van der Waals surface area contributed by atoms with Crippen LogP contribution in [0.4, 0.5) is 0 Å². The molecule has 3 aromatic rings. The van der Waals surface area contributed by atoms with Gasteiger partial charge >= 0.3 is 5.97 Å². The highest BCUT2D eigenvalue weighted by Gasteiger charge is 2.20. The maximum absolute atomic E-state index is 12.2. The predicted molar refractivity (Wildman–Crippen MR) is 79.2 cm³/mol. The van der Waals surface area contributed by atoms with Crippen LogP contribution >= 0.6 is 0 Å². The molecule has 5 nitrogen and oxygen atoms in total. The van der Waals surface area contributed by atoms with Crippen LogP contribution in [0.15, 0.2) is 42.7 Å². The third-order valence-corrected chi connectivity index (χ3v) is 3.21. The van der Waals surface area contributed by atoms with Crippen molar-refractivity contribution in [1.29, 1.82) is 0 Å². The molecule has 0 aliphatic rings. The second kappa shape index (κ2) is 5.28. The van der Waals surface area contributed by atoms with Crippen molar-refractivity contribution in [3.05, 3.63) is 48.4 Å². The summed E-state index contributed by atoms with van der Waals surface area (Å²) in [4.78, 5) is 19.3. The van der Waals surface area contributed by atoms with Crippen LogP contribution < -0.4 is 0 Å². The Morgan fingerprint density at radius 2 is 2.24 bits per heavy atom. The highest BCUT2D eigenvalue weighted by Crippen LogP contribution is 2.33. The van der Waals surface area contributed by atoms with Crippen LogP contribution in [-0.2, 0) is 4.74 Å². The first-order valence-corrected chi connectivity index (χ1v) is 6.63. The molecule has 2 aromatic heterocycles. The summed E-state index contributed by atoms with van der Waals surface area (Å²) in [5, 5.41) is 10.5. The molecule has 0 radical (unpaired) electrons. The van der Waals surface area contributed by atoms with Crippen molar-refractivity contribution in [2.24, 2.45) is 0 Å². The highest BCUT2D eigenvalue weighted by molar-refractivity contribution is 6.07. The van der Waals surface area contributed by atoms with Gasteiger partial charge in [-0.25, -0.2) is 4.79 Å². The second-order valence-electron chi connectivity index (χ2n) is 4.57. The monoisotopic (exact) mass is 282 g/mol. The van der Waals surface area contributed by atoms with E-state index in [0.29, 0.717) is 17.9 Å². The number of carbonyl (C=O) groups is 1. The third kappa shape index (κ3) is 2.33. The van der Waals surface area contributed by atoms with Crippen LogP contribution in [0.5, 0.6) is 5.75 Å². The van der Waals surface area contributed by atoms with Gasteiger partial charge in [0.2, 0.25) is 0 Å². The standard InChI is InChI=1S/C16H14N2O3/c1-2-21-16(20)15-14(10-4-3-5-11(19)8-10)12-6-7-17-9-13(12)18-15/h3-9,18-19H,2H2,1H3. The number of phenolic OH excluding ortho intramolecular Hbond substituents is 1. The molecule has 2 N–H and O–H groups in total. The van der Waals surface area contributed by atoms with Gasteiger partial charge in [-0.3, -0.25) is 4.98 Å². The zero-order chi connectivity index (χ0) is 14.8. The number of pyridine rings is 1. The Hall–Kier alpha value is -2.82. The van der Waals surface area contributed by atoms with E-state index in [1.165, 1.54) is 0 Å². The number of benzene rings is 1. The van der Waals surface area contributed by atoms with Gasteiger partial charge in [-0.05, 0) is 30.7 Å². The molecule has 0 amide bonds. The van der Waals surface area contributed by atoms with Crippen molar-refractivity contribution < 1.29 is 14.6 Å². The van der Waals surface area contributed by atoms with E-state index in [4.69, 9.17) is 4.74 Å². The molecule has 3 rings (SSSR count). The number of phenols is 1. The molecule has 5 heteroatoms. The van der Waals surface area contributed by atoms with Gasteiger partial charge in [-0.2, -0.15) is 0 Å². The molecule has 0 fully saturated rings. The molecule has 0 unspecified atom stereocenters. The summed E-state index contributed by atoms with van der Waals surface area (Å²) >= 11 is 0. The van der Waals surface area contributed by atoms with Gasteiger partial charge in [0.05, 0.1) is 18.3 Å². The Morgan fingerprint density at radius 1 is 1.38 bits per heavy atom. The Morgan fingerprint density at radius 3 is 3.00 bits per heavy atom. The normalized spacial score (nSPS) is 10.7. The molecule has 1 aromatic carbocycles. The fraction of sp³-hybridized carbons (Fsp3) is 0.125. The van der Waals surface area contributed by atoms with Gasteiger partial charge in [0.15, 0.2) is 0 Å². The molecule has 0 bridgehead atoms. The molecule has 0 spiro atoms. The molecule has 0 aliphatic heterocycles. The number of carbonyl (C=O) groups excluding carboxylic acids is 1. The molecule has 0 saturated heterocycles. The van der Waals surface area contributed by atoms with Crippen LogP contribution in [0.3, 0.4) is 0 Å². The topological polar surface area (TPSA) is 75.2 Å². The quantitative estimate of drug-likeness (QED) is 0.724. The van der Waals surface area contributed by atoms with Gasteiger partial charge in [0.1, 0.15) is 11.4 Å². The summed E-state index contributed by atoms with van der Waals surface area (Å²) in [6, 6.07) is 8.61. The highest BCUT2D eigenvalue weighted by atomic mass is 16.5. The Kier molecular flexibility index (Phi) is 3.31. The van der Waals surface area contributed by atoms with Crippen LogP contribution in [0.1, 0.15) is 17.4 Å². The maximum atomic E-state index is 12.2. The molecular formula is C16H14N2O3. The van der Waals surface area contributed by atoms with Crippen molar-refractivity contribution in [3.8, 4) is 16.9 Å². The summed E-state index contributed by atoms with van der Waals surface area (Å²) in [6.07, 6.45) is 3.32. The SMILES string of the molecule is CCOC(=O)c1[nH]c2cnccc2c1-c1cccc(O)c1. The molecule has 2 heterocycles. The number of hydrogen-bond acceptors (Lipinski definition) is 4. The van der Waals surface area contributed by atoms with E-state index in [0.717, 1.165) is 16.5 Å². The first-order chi connectivity index (χ1) is 10.2. The number of hydrogen-bond donors (Lipinski definition) is 2. The minimum Gasteiger partial charge on any atom is -0.508 e. The predicted octanol–water partition coefficient (Wildman–Crippen LogP) is 3.11. The summed E-state index contributed by atoms with van der Waals surface area (Å²) in [5.41, 5.74) is 2.57. The number of fused-ring (bicyclic) bond motifs is 1. The van der Waals surface area contributed by atoms with Crippen LogP contribution in [0, 0.1) is 0 Å². The summed E-state index contributed by atoms with van der Waals surface area (Å²) in [5.74, 6) is -0.280. The number of nitrogens with zero attached hydrogens (tertiary/aromatic N) is 1. The van der Waals surface area contributed by atoms with Crippen molar-refractivity contribution in [2.45, 2.75) is 6.92 Å². The Labute approximate surface area is 121 Å². The van der Waals surface area contributed by atoms with E-state index in [1.807, 2.05) is 12.1 Å². The average molecular weight is 282 g/mol. The number of nitrogens with one attached hydrogen (secondary N) is 1. The minimum absolute atomic E-state index is 0.144. The van der Waals surface area contributed by atoms with Crippen molar-refractivity contribution in [1.82, 2.24) is 9.97 Å². The molecule has 106 valence electrons. The molecule has 21 heavy (non-hydrogen) atoms. The fourth-order valence-electron chi connectivity index (χ4n) is 2.36. The first kappa shape index (κ1) is 13.2. The number of aromatic amines is 1. The lowest BCUT2D eigenvalue weighted by atomic mass is 10.0. The van der Waals surface area contributed by atoms with Crippen LogP contribution in [0.2, 0.25) is 0 Å². The van der Waals surface area contributed by atoms with E-state index in [1.54, 1.807) is 37.5 Å². The van der Waals surface area contributed by atoms with Gasteiger partial charge in [-0.15, -0.1) is 0 Å². The molecule has 0 saturated carbocycles. The number of aromatic hydroxyl groups is 1. The lowest BCUT2D eigenvalue weighted by molar-refractivity contribution is 0.0521. The summed E-state index contributed by atoms with van der Waals surface area (Å²) in [6.45, 7) is 2.06. The van der Waals surface area contributed by atoms with Gasteiger partial charge in [0, 0.05) is 17.1 Å². The van der Waals surface area contributed by atoms with Gasteiger partial charge in [-0.1, -0.05) is 12.1 Å². The minimum atomic E-state index is -0.424. The maximum Gasteiger partial charge on any atom is 0.355 e.